The molecular formula is C62H45N. The van der Waals surface area contributed by atoms with E-state index in [1.54, 1.807) is 0 Å². The van der Waals surface area contributed by atoms with Gasteiger partial charge in [-0.1, -0.05) is 201 Å². The van der Waals surface area contributed by atoms with Gasteiger partial charge in [0.2, 0.25) is 0 Å². The van der Waals surface area contributed by atoms with Crippen LogP contribution >= 0.6 is 0 Å². The monoisotopic (exact) mass is 803 g/mol. The van der Waals surface area contributed by atoms with E-state index >= 15 is 0 Å². The number of hydrogen-bond donors (Lipinski definition) is 0. The molecule has 0 aliphatic heterocycles. The Hall–Kier alpha value is -7.48. The number of rotatable bonds is 6. The Labute approximate surface area is 369 Å². The van der Waals surface area contributed by atoms with Crippen molar-refractivity contribution in [3.63, 3.8) is 0 Å². The van der Waals surface area contributed by atoms with E-state index in [9.17, 15) is 0 Å². The molecule has 0 saturated heterocycles. The number of anilines is 3. The van der Waals surface area contributed by atoms with Gasteiger partial charge in [-0.15, -0.1) is 0 Å². The average Bonchev–Trinajstić information content (AvgIpc) is 4.05. The van der Waals surface area contributed by atoms with Crippen molar-refractivity contribution < 1.29 is 0 Å². The molecule has 0 aromatic heterocycles. The summed E-state index contributed by atoms with van der Waals surface area (Å²) in [5.41, 5.74) is 19.1. The van der Waals surface area contributed by atoms with Crippen molar-refractivity contribution in [2.75, 3.05) is 4.90 Å². The van der Waals surface area contributed by atoms with Gasteiger partial charge in [-0.3, -0.25) is 0 Å². The molecule has 298 valence electrons. The average molecular weight is 804 g/mol. The zero-order valence-electron chi connectivity index (χ0n) is 35.1. The van der Waals surface area contributed by atoms with Gasteiger partial charge in [0.15, 0.2) is 0 Å². The van der Waals surface area contributed by atoms with Crippen LogP contribution in [0.4, 0.5) is 17.1 Å². The maximum absolute atomic E-state index is 2.57. The lowest BCUT2D eigenvalue weighted by atomic mass is 9.67. The second-order valence-electron chi connectivity index (χ2n) is 17.9. The Bertz CT molecular complexity index is 3350. The van der Waals surface area contributed by atoms with Gasteiger partial charge in [0.1, 0.15) is 0 Å². The first-order valence-electron chi connectivity index (χ1n) is 22.6. The van der Waals surface area contributed by atoms with Crippen molar-refractivity contribution >= 4 is 38.6 Å². The van der Waals surface area contributed by atoms with Crippen LogP contribution in [0.2, 0.25) is 0 Å². The van der Waals surface area contributed by atoms with Crippen LogP contribution in [0.1, 0.15) is 59.1 Å². The van der Waals surface area contributed by atoms with Gasteiger partial charge in [-0.2, -0.15) is 0 Å². The highest BCUT2D eigenvalue weighted by Crippen LogP contribution is 2.61. The van der Waals surface area contributed by atoms with Gasteiger partial charge in [0.05, 0.1) is 11.1 Å². The summed E-state index contributed by atoms with van der Waals surface area (Å²) in [4.78, 5) is 2.57. The lowest BCUT2D eigenvalue weighted by Gasteiger charge is -2.35. The van der Waals surface area contributed by atoms with E-state index in [0.717, 1.165) is 11.4 Å². The fourth-order valence-electron chi connectivity index (χ4n) is 12.3. The minimum Gasteiger partial charge on any atom is -0.310 e. The molecule has 0 N–H and O–H groups in total. The second kappa shape index (κ2) is 14.0. The number of nitrogens with zero attached hydrogens (tertiary/aromatic N) is 1. The lowest BCUT2D eigenvalue weighted by Crippen LogP contribution is -2.28. The van der Waals surface area contributed by atoms with Gasteiger partial charge < -0.3 is 4.90 Å². The van der Waals surface area contributed by atoms with Crippen LogP contribution in [-0.2, 0) is 10.8 Å². The topological polar surface area (TPSA) is 3.24 Å². The first kappa shape index (κ1) is 36.2. The van der Waals surface area contributed by atoms with Crippen molar-refractivity contribution in [2.24, 2.45) is 0 Å². The summed E-state index contributed by atoms with van der Waals surface area (Å²) < 4.78 is 0. The van der Waals surface area contributed by atoms with Crippen molar-refractivity contribution in [1.82, 2.24) is 0 Å². The van der Waals surface area contributed by atoms with Gasteiger partial charge in [0, 0.05) is 22.4 Å². The quantitative estimate of drug-likeness (QED) is 0.151. The van der Waals surface area contributed by atoms with Gasteiger partial charge in [0.25, 0.3) is 0 Å². The van der Waals surface area contributed by atoms with E-state index in [1.807, 2.05) is 0 Å². The third-order valence-corrected chi connectivity index (χ3v) is 14.9. The third-order valence-electron chi connectivity index (χ3n) is 14.9. The maximum atomic E-state index is 2.57. The molecule has 13 rings (SSSR count). The summed E-state index contributed by atoms with van der Waals surface area (Å²) in [6, 6.07) is 84.5. The summed E-state index contributed by atoms with van der Waals surface area (Å²) in [5, 5.41) is 5.11. The molecule has 3 aliphatic carbocycles. The fraction of sp³-hybridized carbons (Fsp3) is 0.0968. The van der Waals surface area contributed by atoms with Crippen LogP contribution in [0, 0.1) is 0 Å². The smallest absolute Gasteiger partial charge is 0.0714 e. The molecule has 0 heterocycles. The molecule has 0 unspecified atom stereocenters. The Balaban J connectivity index is 1.06. The number of benzene rings is 10. The van der Waals surface area contributed by atoms with Crippen LogP contribution < -0.4 is 4.90 Å². The van der Waals surface area contributed by atoms with Crippen LogP contribution in [0.3, 0.4) is 0 Å². The summed E-state index contributed by atoms with van der Waals surface area (Å²) in [7, 11) is 0. The Morgan fingerprint density at radius 2 is 0.921 bits per heavy atom. The van der Waals surface area contributed by atoms with Gasteiger partial charge in [-0.05, 0) is 132 Å². The molecule has 0 amide bonds. The van der Waals surface area contributed by atoms with Crippen LogP contribution in [0.5, 0.6) is 0 Å². The normalized spacial score (nSPS) is 15.0. The van der Waals surface area contributed by atoms with Crippen LogP contribution in [0.15, 0.2) is 224 Å². The largest absolute Gasteiger partial charge is 0.310 e. The molecule has 0 bridgehead atoms. The molecule has 1 saturated carbocycles. The highest BCUT2D eigenvalue weighted by Gasteiger charge is 2.48. The summed E-state index contributed by atoms with van der Waals surface area (Å²) >= 11 is 0. The standard InChI is InChI=1S/C62H45N/c1-3-19-44(20-4-1)62(45-21-5-2-6-22-45)56-29-14-11-26-51(56)52-37-36-47(41-58(52)62)63(59-31-17-30-57-60(59)53-27-12-13-28-55(53)61(57)38-15-16-39-61)46-34-32-42(33-35-46)54-40-43-18-7-8-23-48(43)49-24-9-10-25-50(49)54/h1-14,17-37,40-41H,15-16,38-39H2. The Morgan fingerprint density at radius 3 is 1.67 bits per heavy atom. The van der Waals surface area contributed by atoms with E-state index in [0.29, 0.717) is 0 Å². The third kappa shape index (κ3) is 5.17. The van der Waals surface area contributed by atoms with Crippen molar-refractivity contribution in [2.45, 2.75) is 36.5 Å². The Kier molecular flexibility index (Phi) is 8.06. The number of fused-ring (bicyclic) bond motifs is 11. The zero-order chi connectivity index (χ0) is 41.5. The molecule has 0 atom stereocenters. The maximum Gasteiger partial charge on any atom is 0.0714 e. The van der Waals surface area contributed by atoms with Gasteiger partial charge in [-0.25, -0.2) is 0 Å². The zero-order valence-corrected chi connectivity index (χ0v) is 35.1. The minimum atomic E-state index is -0.504. The van der Waals surface area contributed by atoms with Crippen LogP contribution in [0.25, 0.3) is 54.9 Å². The van der Waals surface area contributed by atoms with Gasteiger partial charge >= 0.3 is 0 Å². The molecule has 63 heavy (non-hydrogen) atoms. The molecule has 1 heteroatoms. The SMILES string of the molecule is c1ccc(C2(c3ccccc3)c3ccccc3-c3ccc(N(c4ccc(-c5cc6ccccc6c6ccccc56)cc4)c4cccc5c4-c4ccccc4C54CCCC4)cc32)cc1. The molecule has 10 aromatic rings. The van der Waals surface area contributed by atoms with Crippen LogP contribution in [-0.4, -0.2) is 0 Å². The molecule has 1 spiro atoms. The molecule has 1 nitrogen and oxygen atoms in total. The molecule has 0 radical (unpaired) electrons. The van der Waals surface area contributed by atoms with E-state index < -0.39 is 5.41 Å². The van der Waals surface area contributed by atoms with Crippen molar-refractivity contribution in [3.05, 3.63) is 258 Å². The van der Waals surface area contributed by atoms with E-state index in [-0.39, 0.29) is 5.41 Å². The highest BCUT2D eigenvalue weighted by molar-refractivity contribution is 6.14. The number of hydrogen-bond acceptors (Lipinski definition) is 1. The first-order chi connectivity index (χ1) is 31.2. The van der Waals surface area contributed by atoms with Crippen molar-refractivity contribution in [3.8, 4) is 33.4 Å². The summed E-state index contributed by atoms with van der Waals surface area (Å²) in [6.07, 6.45) is 4.92. The molecular weight excluding hydrogens is 759 g/mol. The Morgan fingerprint density at radius 1 is 0.349 bits per heavy atom. The summed E-state index contributed by atoms with van der Waals surface area (Å²) in [6.45, 7) is 0. The fourth-order valence-corrected chi connectivity index (χ4v) is 12.3. The lowest BCUT2D eigenvalue weighted by molar-refractivity contribution is 0.550. The highest BCUT2D eigenvalue weighted by atomic mass is 15.1. The van der Waals surface area contributed by atoms with E-state index in [2.05, 4.69) is 229 Å². The molecule has 3 aliphatic rings. The summed E-state index contributed by atoms with van der Waals surface area (Å²) in [5.74, 6) is 0. The van der Waals surface area contributed by atoms with E-state index in [4.69, 9.17) is 0 Å². The predicted molar refractivity (Wildman–Crippen MR) is 264 cm³/mol. The van der Waals surface area contributed by atoms with Crippen molar-refractivity contribution in [1.29, 1.82) is 0 Å². The molecule has 1 fully saturated rings. The second-order valence-corrected chi connectivity index (χ2v) is 17.9. The predicted octanol–water partition coefficient (Wildman–Crippen LogP) is 16.3. The van der Waals surface area contributed by atoms with E-state index in [1.165, 1.54) is 120 Å². The minimum absolute atomic E-state index is 0.0595. The first-order valence-corrected chi connectivity index (χ1v) is 22.6. The molecule has 10 aromatic carbocycles.